The van der Waals surface area contributed by atoms with E-state index in [1.165, 1.54) is 4.88 Å². The molecule has 0 fully saturated rings. The van der Waals surface area contributed by atoms with Gasteiger partial charge in [0.2, 0.25) is 5.95 Å². The van der Waals surface area contributed by atoms with Crippen molar-refractivity contribution in [2.75, 3.05) is 29.9 Å². The highest BCUT2D eigenvalue weighted by Gasteiger charge is 2.11. The van der Waals surface area contributed by atoms with Crippen LogP contribution in [-0.2, 0) is 6.42 Å². The molecule has 23 heavy (non-hydrogen) atoms. The molecule has 0 amide bonds. The number of benzene rings is 1. The molecule has 0 saturated carbocycles. The van der Waals surface area contributed by atoms with Crippen molar-refractivity contribution < 1.29 is 0 Å². The molecule has 5 heteroatoms. The van der Waals surface area contributed by atoms with Crippen molar-refractivity contribution in [3.63, 3.8) is 0 Å². The number of hydrogen-bond donors (Lipinski definition) is 1. The first-order chi connectivity index (χ1) is 11.3. The lowest BCUT2D eigenvalue weighted by atomic mass is 10.2. The lowest BCUT2D eigenvalue weighted by Gasteiger charge is -2.20. The highest BCUT2D eigenvalue weighted by molar-refractivity contribution is 7.09. The molecular weight excluding hydrogens is 304 g/mol. The number of nitrogens with one attached hydrogen (secondary N) is 1. The molecule has 3 rings (SSSR count). The van der Waals surface area contributed by atoms with Crippen LogP contribution in [0.4, 0.5) is 11.8 Å². The summed E-state index contributed by atoms with van der Waals surface area (Å²) in [4.78, 5) is 13.0. The molecule has 1 N–H and O–H groups in total. The van der Waals surface area contributed by atoms with Crippen LogP contribution in [0.1, 0.15) is 18.7 Å². The summed E-state index contributed by atoms with van der Waals surface area (Å²) in [5.74, 6) is 1.72. The fourth-order valence-electron chi connectivity index (χ4n) is 2.61. The lowest BCUT2D eigenvalue weighted by Crippen LogP contribution is -2.24. The number of aromatic nitrogens is 2. The van der Waals surface area contributed by atoms with E-state index in [9.17, 15) is 0 Å². The number of anilines is 2. The van der Waals surface area contributed by atoms with E-state index < -0.39 is 0 Å². The molecule has 120 valence electrons. The minimum absolute atomic E-state index is 0.798. The average molecular weight is 326 g/mol. The van der Waals surface area contributed by atoms with E-state index in [0.29, 0.717) is 0 Å². The van der Waals surface area contributed by atoms with Crippen LogP contribution in [0.2, 0.25) is 0 Å². The Bertz CT molecular complexity index is 751. The van der Waals surface area contributed by atoms with Crippen LogP contribution in [0.3, 0.4) is 0 Å². The van der Waals surface area contributed by atoms with Gasteiger partial charge in [-0.25, -0.2) is 4.98 Å². The van der Waals surface area contributed by atoms with Gasteiger partial charge in [-0.15, -0.1) is 11.3 Å². The number of hydrogen-bond acceptors (Lipinski definition) is 5. The summed E-state index contributed by atoms with van der Waals surface area (Å²) in [6.07, 6.45) is 1.01. The van der Waals surface area contributed by atoms with Gasteiger partial charge in [-0.3, -0.25) is 0 Å². The molecule has 2 aromatic heterocycles. The van der Waals surface area contributed by atoms with Crippen molar-refractivity contribution >= 4 is 34.0 Å². The van der Waals surface area contributed by atoms with E-state index >= 15 is 0 Å². The molecule has 2 heterocycles. The maximum atomic E-state index is 4.77. The van der Waals surface area contributed by atoms with Crippen molar-refractivity contribution in [3.8, 4) is 0 Å². The Labute approximate surface area is 141 Å². The van der Waals surface area contributed by atoms with Crippen LogP contribution in [0, 0.1) is 0 Å². The molecule has 0 unspecified atom stereocenters. The van der Waals surface area contributed by atoms with Crippen LogP contribution in [-0.4, -0.2) is 29.6 Å². The van der Waals surface area contributed by atoms with Crippen LogP contribution in [0.25, 0.3) is 10.9 Å². The molecule has 0 saturated heterocycles. The van der Waals surface area contributed by atoms with E-state index in [4.69, 9.17) is 9.97 Å². The first kappa shape index (κ1) is 15.7. The maximum absolute atomic E-state index is 4.77. The zero-order chi connectivity index (χ0) is 16.1. The van der Waals surface area contributed by atoms with Crippen molar-refractivity contribution in [3.05, 3.63) is 46.7 Å². The predicted octanol–water partition coefficient (Wildman–Crippen LogP) is 4.19. The van der Waals surface area contributed by atoms with Gasteiger partial charge in [0.25, 0.3) is 0 Å². The van der Waals surface area contributed by atoms with Crippen LogP contribution in [0.15, 0.2) is 41.8 Å². The van der Waals surface area contributed by atoms with E-state index in [1.807, 2.05) is 12.1 Å². The standard InChI is InChI=1S/C18H22N4S/c1-3-22(4-2)18-20-16-10-6-5-9-15(16)17(21-18)19-12-11-14-8-7-13-23-14/h5-10,13H,3-4,11-12H2,1-2H3,(H,19,20,21). The zero-order valence-electron chi connectivity index (χ0n) is 13.6. The van der Waals surface area contributed by atoms with Gasteiger partial charge in [-0.2, -0.15) is 4.98 Å². The van der Waals surface area contributed by atoms with Gasteiger partial charge in [-0.1, -0.05) is 18.2 Å². The van der Waals surface area contributed by atoms with Gasteiger partial charge in [0.1, 0.15) is 5.82 Å². The first-order valence-corrected chi connectivity index (χ1v) is 8.97. The molecule has 1 aromatic carbocycles. The number of rotatable bonds is 7. The van der Waals surface area contributed by atoms with Gasteiger partial charge < -0.3 is 10.2 Å². The summed E-state index contributed by atoms with van der Waals surface area (Å²) in [7, 11) is 0. The molecule has 0 aliphatic carbocycles. The maximum Gasteiger partial charge on any atom is 0.227 e. The van der Waals surface area contributed by atoms with Gasteiger partial charge in [0.15, 0.2) is 0 Å². The smallest absolute Gasteiger partial charge is 0.227 e. The Kier molecular flexibility index (Phi) is 5.08. The average Bonchev–Trinajstić information content (AvgIpc) is 3.09. The summed E-state index contributed by atoms with van der Waals surface area (Å²) in [6, 6.07) is 12.5. The molecule has 0 atom stereocenters. The van der Waals surface area contributed by atoms with Crippen LogP contribution in [0.5, 0.6) is 0 Å². The van der Waals surface area contributed by atoms with Crippen molar-refractivity contribution in [1.29, 1.82) is 0 Å². The monoisotopic (exact) mass is 326 g/mol. The summed E-state index contributed by atoms with van der Waals surface area (Å²) >= 11 is 1.80. The Hall–Kier alpha value is -2.14. The summed E-state index contributed by atoms with van der Waals surface area (Å²) in [5.41, 5.74) is 0.989. The molecule has 0 aliphatic rings. The topological polar surface area (TPSA) is 41.1 Å². The summed E-state index contributed by atoms with van der Waals surface area (Å²) < 4.78 is 0. The number of nitrogens with zero attached hydrogens (tertiary/aromatic N) is 3. The van der Waals surface area contributed by atoms with Gasteiger partial charge in [0.05, 0.1) is 5.52 Å². The Morgan fingerprint density at radius 1 is 1.04 bits per heavy atom. The van der Waals surface area contributed by atoms with Gasteiger partial charge >= 0.3 is 0 Å². The third kappa shape index (κ3) is 3.62. The number of fused-ring (bicyclic) bond motifs is 1. The minimum atomic E-state index is 0.798. The molecule has 4 nitrogen and oxygen atoms in total. The summed E-state index contributed by atoms with van der Waals surface area (Å²) in [5, 5.41) is 6.70. The Morgan fingerprint density at radius 3 is 2.61 bits per heavy atom. The van der Waals surface area contributed by atoms with E-state index in [-0.39, 0.29) is 0 Å². The molecule has 0 spiro atoms. The third-order valence-electron chi connectivity index (χ3n) is 3.88. The lowest BCUT2D eigenvalue weighted by molar-refractivity contribution is 0.826. The molecule has 0 radical (unpaired) electrons. The van der Waals surface area contributed by atoms with E-state index in [2.05, 4.69) is 53.7 Å². The molecule has 0 aliphatic heterocycles. The molecule has 0 bridgehead atoms. The Balaban J connectivity index is 1.87. The van der Waals surface area contributed by atoms with E-state index in [0.717, 1.165) is 48.7 Å². The predicted molar refractivity (Wildman–Crippen MR) is 99.6 cm³/mol. The summed E-state index contributed by atoms with van der Waals surface area (Å²) in [6.45, 7) is 6.95. The van der Waals surface area contributed by atoms with Crippen molar-refractivity contribution in [2.45, 2.75) is 20.3 Å². The normalized spacial score (nSPS) is 10.9. The second-order valence-corrected chi connectivity index (χ2v) is 6.35. The second kappa shape index (κ2) is 7.42. The van der Waals surface area contributed by atoms with Gasteiger partial charge in [0, 0.05) is 29.9 Å². The zero-order valence-corrected chi connectivity index (χ0v) is 14.4. The minimum Gasteiger partial charge on any atom is -0.369 e. The van der Waals surface area contributed by atoms with Crippen molar-refractivity contribution in [2.24, 2.45) is 0 Å². The third-order valence-corrected chi connectivity index (χ3v) is 4.82. The highest BCUT2D eigenvalue weighted by atomic mass is 32.1. The first-order valence-electron chi connectivity index (χ1n) is 8.09. The largest absolute Gasteiger partial charge is 0.369 e. The number of para-hydroxylation sites is 1. The fraction of sp³-hybridized carbons (Fsp3) is 0.333. The van der Waals surface area contributed by atoms with Gasteiger partial charge in [-0.05, 0) is 43.8 Å². The number of thiophene rings is 1. The van der Waals surface area contributed by atoms with Crippen LogP contribution >= 0.6 is 11.3 Å². The molecular formula is C18H22N4S. The fourth-order valence-corrected chi connectivity index (χ4v) is 3.31. The quantitative estimate of drug-likeness (QED) is 0.707. The van der Waals surface area contributed by atoms with Crippen LogP contribution < -0.4 is 10.2 Å². The highest BCUT2D eigenvalue weighted by Crippen LogP contribution is 2.23. The SMILES string of the molecule is CCN(CC)c1nc(NCCc2cccs2)c2ccccc2n1. The second-order valence-electron chi connectivity index (χ2n) is 5.32. The Morgan fingerprint density at radius 2 is 1.87 bits per heavy atom. The van der Waals surface area contributed by atoms with E-state index in [1.54, 1.807) is 11.3 Å². The van der Waals surface area contributed by atoms with Crippen molar-refractivity contribution in [1.82, 2.24) is 9.97 Å². The molecule has 3 aromatic rings.